The first kappa shape index (κ1) is 13.9. The minimum absolute atomic E-state index is 0.0305. The number of esters is 1. The molecule has 0 aromatic rings. The Balaban J connectivity index is 3.95. The first-order valence-corrected chi connectivity index (χ1v) is 6.48. The number of carbonyl (C=O) groups excluding carboxylic acids is 1. The van der Waals surface area contributed by atoms with Gasteiger partial charge in [0, 0.05) is 5.33 Å². The molecule has 0 aliphatic rings. The predicted molar refractivity (Wildman–Crippen MR) is 62.6 cm³/mol. The fourth-order valence-corrected chi connectivity index (χ4v) is 1.83. The van der Waals surface area contributed by atoms with E-state index < -0.39 is 0 Å². The topological polar surface area (TPSA) is 26.3 Å². The molecule has 0 radical (unpaired) electrons. The number of halogens is 1. The van der Waals surface area contributed by atoms with Crippen LogP contribution in [-0.2, 0) is 9.53 Å². The van der Waals surface area contributed by atoms with Gasteiger partial charge in [-0.15, -0.1) is 0 Å². The van der Waals surface area contributed by atoms with E-state index in [0.717, 1.165) is 24.6 Å². The van der Waals surface area contributed by atoms with Crippen molar-refractivity contribution in [3.8, 4) is 0 Å². The molecular formula is C11H21BrO2. The molecule has 1 atom stereocenters. The average molecular weight is 265 g/mol. The van der Waals surface area contributed by atoms with E-state index in [9.17, 15) is 4.79 Å². The lowest BCUT2D eigenvalue weighted by atomic mass is 9.91. The van der Waals surface area contributed by atoms with Crippen molar-refractivity contribution in [2.24, 2.45) is 11.8 Å². The molecule has 1 unspecified atom stereocenters. The summed E-state index contributed by atoms with van der Waals surface area (Å²) in [5, 5.41) is 1.01. The third kappa shape index (κ3) is 5.63. The van der Waals surface area contributed by atoms with Gasteiger partial charge in [0.15, 0.2) is 0 Å². The number of carbonyl (C=O) groups is 1. The summed E-state index contributed by atoms with van der Waals surface area (Å²) in [5.74, 6) is 0.426. The summed E-state index contributed by atoms with van der Waals surface area (Å²) in [5.41, 5.74) is 0. The van der Waals surface area contributed by atoms with Gasteiger partial charge in [-0.1, -0.05) is 36.2 Å². The zero-order valence-electron chi connectivity index (χ0n) is 9.38. The van der Waals surface area contributed by atoms with Crippen LogP contribution < -0.4 is 0 Å². The molecule has 0 aromatic carbocycles. The minimum atomic E-state index is -0.0305. The van der Waals surface area contributed by atoms with Gasteiger partial charge in [-0.05, 0) is 25.7 Å². The van der Waals surface area contributed by atoms with Crippen LogP contribution in [0.25, 0.3) is 0 Å². The van der Waals surface area contributed by atoms with Crippen LogP contribution in [0.2, 0.25) is 0 Å². The van der Waals surface area contributed by atoms with Crippen molar-refractivity contribution in [2.45, 2.75) is 40.0 Å². The van der Waals surface area contributed by atoms with E-state index in [2.05, 4.69) is 29.8 Å². The van der Waals surface area contributed by atoms with E-state index >= 15 is 0 Å². The Hall–Kier alpha value is -0.0500. The predicted octanol–water partition coefficient (Wildman–Crippen LogP) is 3.39. The molecule has 2 nitrogen and oxygen atoms in total. The van der Waals surface area contributed by atoms with E-state index in [1.54, 1.807) is 0 Å². The standard InChI is InChI=1S/C11H21BrO2/c1-4-14-11(13)10(9(2)3)7-5-6-8-12/h9-10H,4-8H2,1-3H3. The molecule has 3 heteroatoms. The summed E-state index contributed by atoms with van der Waals surface area (Å²) in [6.45, 7) is 6.50. The molecule has 0 heterocycles. The number of hydrogen-bond acceptors (Lipinski definition) is 2. The Morgan fingerprint density at radius 3 is 2.43 bits per heavy atom. The number of alkyl halides is 1. The van der Waals surface area contributed by atoms with Crippen LogP contribution in [-0.4, -0.2) is 17.9 Å². The zero-order valence-corrected chi connectivity index (χ0v) is 11.0. The van der Waals surface area contributed by atoms with Crippen molar-refractivity contribution in [3.63, 3.8) is 0 Å². The van der Waals surface area contributed by atoms with Gasteiger partial charge in [0.25, 0.3) is 0 Å². The minimum Gasteiger partial charge on any atom is -0.466 e. The Morgan fingerprint density at radius 1 is 1.36 bits per heavy atom. The molecule has 0 rings (SSSR count). The molecule has 0 saturated heterocycles. The monoisotopic (exact) mass is 264 g/mol. The van der Waals surface area contributed by atoms with Crippen molar-refractivity contribution in [1.29, 1.82) is 0 Å². The molecule has 0 N–H and O–H groups in total. The Bertz CT molecular complexity index is 157. The second kappa shape index (κ2) is 8.27. The highest BCUT2D eigenvalue weighted by atomic mass is 79.9. The smallest absolute Gasteiger partial charge is 0.309 e. The van der Waals surface area contributed by atoms with Crippen molar-refractivity contribution in [3.05, 3.63) is 0 Å². The first-order chi connectivity index (χ1) is 6.63. The molecule has 0 spiro atoms. The summed E-state index contributed by atoms with van der Waals surface area (Å²) < 4.78 is 5.05. The number of rotatable bonds is 7. The second-order valence-corrected chi connectivity index (χ2v) is 4.58. The average Bonchev–Trinajstić information content (AvgIpc) is 2.12. The van der Waals surface area contributed by atoms with Gasteiger partial charge in [-0.25, -0.2) is 0 Å². The second-order valence-electron chi connectivity index (χ2n) is 3.79. The molecular weight excluding hydrogens is 244 g/mol. The van der Waals surface area contributed by atoms with Crippen LogP contribution in [0, 0.1) is 11.8 Å². The summed E-state index contributed by atoms with van der Waals surface area (Å²) in [6, 6.07) is 0. The fraction of sp³-hybridized carbons (Fsp3) is 0.909. The van der Waals surface area contributed by atoms with Crippen LogP contribution in [0.15, 0.2) is 0 Å². The molecule has 0 aromatic heterocycles. The zero-order chi connectivity index (χ0) is 11.0. The molecule has 0 bridgehead atoms. The van der Waals surface area contributed by atoms with Gasteiger partial charge in [0.05, 0.1) is 12.5 Å². The van der Waals surface area contributed by atoms with Crippen LogP contribution >= 0.6 is 15.9 Å². The van der Waals surface area contributed by atoms with Crippen molar-refractivity contribution >= 4 is 21.9 Å². The molecule has 0 amide bonds. The lowest BCUT2D eigenvalue weighted by molar-refractivity contribution is -0.149. The SMILES string of the molecule is CCOC(=O)C(CCCCBr)C(C)C. The summed E-state index contributed by atoms with van der Waals surface area (Å²) in [6.07, 6.45) is 3.16. The summed E-state index contributed by atoms with van der Waals surface area (Å²) in [4.78, 5) is 11.5. The van der Waals surface area contributed by atoms with Crippen LogP contribution in [0.1, 0.15) is 40.0 Å². The third-order valence-electron chi connectivity index (χ3n) is 2.29. The highest BCUT2D eigenvalue weighted by molar-refractivity contribution is 9.09. The lowest BCUT2D eigenvalue weighted by Crippen LogP contribution is -2.22. The number of unbranched alkanes of at least 4 members (excludes halogenated alkanes) is 1. The number of hydrogen-bond donors (Lipinski definition) is 0. The maximum Gasteiger partial charge on any atom is 0.309 e. The van der Waals surface area contributed by atoms with Crippen LogP contribution in [0.5, 0.6) is 0 Å². The van der Waals surface area contributed by atoms with E-state index in [4.69, 9.17) is 4.74 Å². The quantitative estimate of drug-likeness (QED) is 0.400. The maximum absolute atomic E-state index is 11.5. The van der Waals surface area contributed by atoms with Gasteiger partial charge in [0.2, 0.25) is 0 Å². The van der Waals surface area contributed by atoms with Crippen LogP contribution in [0.4, 0.5) is 0 Å². The van der Waals surface area contributed by atoms with Gasteiger partial charge < -0.3 is 4.74 Å². The Kier molecular flexibility index (Phi) is 8.24. The van der Waals surface area contributed by atoms with Gasteiger partial charge in [-0.3, -0.25) is 4.79 Å². The van der Waals surface area contributed by atoms with Gasteiger partial charge >= 0.3 is 5.97 Å². The van der Waals surface area contributed by atoms with E-state index in [1.165, 1.54) is 0 Å². The van der Waals surface area contributed by atoms with E-state index in [1.807, 2.05) is 6.92 Å². The molecule has 0 fully saturated rings. The highest BCUT2D eigenvalue weighted by Crippen LogP contribution is 2.20. The van der Waals surface area contributed by atoms with Crippen LogP contribution in [0.3, 0.4) is 0 Å². The Morgan fingerprint density at radius 2 is 2.00 bits per heavy atom. The summed E-state index contributed by atoms with van der Waals surface area (Å²) >= 11 is 3.39. The van der Waals surface area contributed by atoms with E-state index in [-0.39, 0.29) is 11.9 Å². The molecule has 0 saturated carbocycles. The third-order valence-corrected chi connectivity index (χ3v) is 2.85. The largest absolute Gasteiger partial charge is 0.466 e. The van der Waals surface area contributed by atoms with Crippen molar-refractivity contribution in [2.75, 3.05) is 11.9 Å². The number of ether oxygens (including phenoxy) is 1. The molecule has 14 heavy (non-hydrogen) atoms. The normalized spacial score (nSPS) is 12.9. The Labute approximate surface area is 95.5 Å². The molecule has 84 valence electrons. The molecule has 0 aliphatic heterocycles. The van der Waals surface area contributed by atoms with Gasteiger partial charge in [0.1, 0.15) is 0 Å². The first-order valence-electron chi connectivity index (χ1n) is 5.36. The summed E-state index contributed by atoms with van der Waals surface area (Å²) in [7, 11) is 0. The van der Waals surface area contributed by atoms with Gasteiger partial charge in [-0.2, -0.15) is 0 Å². The van der Waals surface area contributed by atoms with Crippen molar-refractivity contribution in [1.82, 2.24) is 0 Å². The fourth-order valence-electron chi connectivity index (χ4n) is 1.43. The van der Waals surface area contributed by atoms with E-state index in [0.29, 0.717) is 12.5 Å². The lowest BCUT2D eigenvalue weighted by Gasteiger charge is -2.18. The maximum atomic E-state index is 11.5. The van der Waals surface area contributed by atoms with Crippen molar-refractivity contribution < 1.29 is 9.53 Å². The molecule has 0 aliphatic carbocycles. The highest BCUT2D eigenvalue weighted by Gasteiger charge is 2.22.